The topological polar surface area (TPSA) is 96.6 Å². The van der Waals surface area contributed by atoms with Crippen LogP contribution in [-0.2, 0) is 10.0 Å². The number of nitrogens with one attached hydrogen (secondary N) is 1. The molecule has 0 unspecified atom stereocenters. The molecule has 0 spiro atoms. The molecule has 0 amide bonds. The minimum absolute atomic E-state index is 0.184. The molecule has 108 valence electrons. The number of benzene rings is 1. The van der Waals surface area contributed by atoms with Gasteiger partial charge in [-0.25, -0.2) is 13.2 Å². The van der Waals surface area contributed by atoms with E-state index in [2.05, 4.69) is 4.72 Å². The molecular weight excluding hydrogens is 282 g/mol. The Hall–Kier alpha value is -2.02. The lowest BCUT2D eigenvalue weighted by Gasteiger charge is -2.11. The third-order valence-corrected chi connectivity index (χ3v) is 4.77. The molecule has 0 bridgehead atoms. The fraction of sp³-hybridized carbons (Fsp3) is 0.308. The van der Waals surface area contributed by atoms with Gasteiger partial charge in [0.05, 0.1) is 10.9 Å². The molecule has 2 aromatic rings. The van der Waals surface area contributed by atoms with E-state index in [0.717, 1.165) is 0 Å². The van der Waals surface area contributed by atoms with Crippen molar-refractivity contribution in [2.24, 2.45) is 0 Å². The SMILES string of the molecule is Cc1c(C(=O)O)oc2cccc(NS(=O)(=O)C(C)C)c12. The van der Waals surface area contributed by atoms with Crippen molar-refractivity contribution in [2.45, 2.75) is 26.0 Å². The zero-order valence-electron chi connectivity index (χ0n) is 11.3. The van der Waals surface area contributed by atoms with Crippen molar-refractivity contribution in [3.8, 4) is 0 Å². The first-order chi connectivity index (χ1) is 9.24. The van der Waals surface area contributed by atoms with Crippen molar-refractivity contribution < 1.29 is 22.7 Å². The zero-order chi connectivity index (χ0) is 15.1. The van der Waals surface area contributed by atoms with Gasteiger partial charge >= 0.3 is 5.97 Å². The summed E-state index contributed by atoms with van der Waals surface area (Å²) in [6, 6.07) is 4.79. The van der Waals surface area contributed by atoms with Gasteiger partial charge in [0.2, 0.25) is 15.8 Å². The number of aromatic carboxylic acids is 1. The summed E-state index contributed by atoms with van der Waals surface area (Å²) in [6.45, 7) is 4.71. The van der Waals surface area contributed by atoms with Crippen LogP contribution in [0.3, 0.4) is 0 Å². The summed E-state index contributed by atoms with van der Waals surface area (Å²) in [5.74, 6) is -1.37. The van der Waals surface area contributed by atoms with Gasteiger partial charge in [0, 0.05) is 10.9 Å². The molecule has 0 saturated carbocycles. The van der Waals surface area contributed by atoms with Crippen LogP contribution in [-0.4, -0.2) is 24.7 Å². The number of carboxylic acids is 1. The van der Waals surface area contributed by atoms with Crippen molar-refractivity contribution in [3.63, 3.8) is 0 Å². The predicted octanol–water partition coefficient (Wildman–Crippen LogP) is 2.59. The highest BCUT2D eigenvalue weighted by molar-refractivity contribution is 7.93. The third-order valence-electron chi connectivity index (χ3n) is 3.02. The van der Waals surface area contributed by atoms with Crippen LogP contribution in [0.1, 0.15) is 30.0 Å². The molecular formula is C13H15NO5S. The molecule has 0 fully saturated rings. The number of carboxylic acid groups (broad SMARTS) is 1. The third kappa shape index (κ3) is 2.36. The van der Waals surface area contributed by atoms with Crippen LogP contribution in [0.4, 0.5) is 5.69 Å². The second kappa shape index (κ2) is 4.82. The molecule has 0 aliphatic rings. The van der Waals surface area contributed by atoms with E-state index < -0.39 is 21.2 Å². The Labute approximate surface area is 116 Å². The number of rotatable bonds is 4. The Morgan fingerprint density at radius 2 is 2.00 bits per heavy atom. The molecule has 2 N–H and O–H groups in total. The van der Waals surface area contributed by atoms with E-state index in [0.29, 0.717) is 22.2 Å². The number of aryl methyl sites for hydroxylation is 1. The van der Waals surface area contributed by atoms with Crippen LogP contribution in [0.15, 0.2) is 22.6 Å². The summed E-state index contributed by atoms with van der Waals surface area (Å²) < 4.78 is 31.6. The highest BCUT2D eigenvalue weighted by Crippen LogP contribution is 2.32. The van der Waals surface area contributed by atoms with Gasteiger partial charge in [-0.2, -0.15) is 0 Å². The predicted molar refractivity (Wildman–Crippen MR) is 75.6 cm³/mol. The molecule has 0 aliphatic heterocycles. The molecule has 0 saturated heterocycles. The molecule has 0 radical (unpaired) electrons. The number of hydrogen-bond donors (Lipinski definition) is 2. The quantitative estimate of drug-likeness (QED) is 0.904. The van der Waals surface area contributed by atoms with Crippen molar-refractivity contribution in [2.75, 3.05) is 4.72 Å². The Morgan fingerprint density at radius 3 is 2.55 bits per heavy atom. The lowest BCUT2D eigenvalue weighted by Crippen LogP contribution is -2.22. The van der Waals surface area contributed by atoms with Crippen LogP contribution >= 0.6 is 0 Å². The summed E-state index contributed by atoms with van der Waals surface area (Å²) in [4.78, 5) is 11.1. The number of fused-ring (bicyclic) bond motifs is 1. The average Bonchev–Trinajstić information content (AvgIpc) is 2.67. The van der Waals surface area contributed by atoms with Gasteiger partial charge in [0.1, 0.15) is 5.58 Å². The van der Waals surface area contributed by atoms with E-state index >= 15 is 0 Å². The first-order valence-corrected chi connectivity index (χ1v) is 7.55. The summed E-state index contributed by atoms with van der Waals surface area (Å²) in [5.41, 5.74) is 1.06. The van der Waals surface area contributed by atoms with E-state index in [9.17, 15) is 13.2 Å². The van der Waals surface area contributed by atoms with Crippen LogP contribution in [0.5, 0.6) is 0 Å². The smallest absolute Gasteiger partial charge is 0.372 e. The Morgan fingerprint density at radius 1 is 1.35 bits per heavy atom. The first-order valence-electron chi connectivity index (χ1n) is 6.01. The highest BCUT2D eigenvalue weighted by Gasteiger charge is 2.22. The molecule has 0 atom stereocenters. The lowest BCUT2D eigenvalue weighted by molar-refractivity contribution is 0.0664. The second-order valence-corrected chi connectivity index (χ2v) is 6.97. The Balaban J connectivity index is 2.64. The van der Waals surface area contributed by atoms with Crippen molar-refractivity contribution in [3.05, 3.63) is 29.5 Å². The van der Waals surface area contributed by atoms with Gasteiger partial charge in [0.25, 0.3) is 0 Å². The van der Waals surface area contributed by atoms with E-state index in [1.54, 1.807) is 39.0 Å². The largest absolute Gasteiger partial charge is 0.475 e. The van der Waals surface area contributed by atoms with Crippen LogP contribution < -0.4 is 4.72 Å². The van der Waals surface area contributed by atoms with E-state index in [4.69, 9.17) is 9.52 Å². The zero-order valence-corrected chi connectivity index (χ0v) is 12.1. The Bertz CT molecular complexity index is 773. The molecule has 0 aliphatic carbocycles. The van der Waals surface area contributed by atoms with E-state index in [1.807, 2.05) is 0 Å². The summed E-state index contributed by atoms with van der Waals surface area (Å²) in [5, 5.41) is 8.92. The average molecular weight is 297 g/mol. The minimum Gasteiger partial charge on any atom is -0.475 e. The number of carbonyl (C=O) groups is 1. The molecule has 2 rings (SSSR count). The van der Waals surface area contributed by atoms with Crippen LogP contribution in [0.25, 0.3) is 11.0 Å². The standard InChI is InChI=1S/C13H15NO5S/c1-7(2)20(17,18)14-9-5-4-6-10-11(9)8(3)12(19-10)13(15)16/h4-7,14H,1-3H3,(H,15,16). The summed E-state index contributed by atoms with van der Waals surface area (Å²) in [6.07, 6.45) is 0. The number of anilines is 1. The van der Waals surface area contributed by atoms with E-state index in [1.165, 1.54) is 0 Å². The number of hydrogen-bond acceptors (Lipinski definition) is 4. The van der Waals surface area contributed by atoms with Gasteiger partial charge in [-0.3, -0.25) is 4.72 Å². The maximum Gasteiger partial charge on any atom is 0.372 e. The second-order valence-electron chi connectivity index (χ2n) is 4.74. The molecule has 1 aromatic carbocycles. The molecule has 7 heteroatoms. The Kier molecular flexibility index (Phi) is 3.47. The number of sulfonamides is 1. The first kappa shape index (κ1) is 14.4. The molecule has 20 heavy (non-hydrogen) atoms. The van der Waals surface area contributed by atoms with Crippen molar-refractivity contribution >= 4 is 32.6 Å². The van der Waals surface area contributed by atoms with Gasteiger partial charge < -0.3 is 9.52 Å². The van der Waals surface area contributed by atoms with Crippen LogP contribution in [0.2, 0.25) is 0 Å². The highest BCUT2D eigenvalue weighted by atomic mass is 32.2. The molecule has 1 aromatic heterocycles. The maximum atomic E-state index is 11.9. The fourth-order valence-corrected chi connectivity index (χ4v) is 2.58. The fourth-order valence-electron chi connectivity index (χ4n) is 1.86. The maximum absolute atomic E-state index is 11.9. The normalized spacial score (nSPS) is 12.0. The van der Waals surface area contributed by atoms with Crippen LogP contribution in [0, 0.1) is 6.92 Å². The molecule has 6 nitrogen and oxygen atoms in total. The summed E-state index contributed by atoms with van der Waals surface area (Å²) in [7, 11) is -3.51. The van der Waals surface area contributed by atoms with Gasteiger partial charge in [0.15, 0.2) is 0 Å². The lowest BCUT2D eigenvalue weighted by atomic mass is 10.1. The number of furan rings is 1. The van der Waals surface area contributed by atoms with E-state index in [-0.39, 0.29) is 5.76 Å². The minimum atomic E-state index is -3.51. The monoisotopic (exact) mass is 297 g/mol. The van der Waals surface area contributed by atoms with Crippen molar-refractivity contribution in [1.82, 2.24) is 0 Å². The molecule has 1 heterocycles. The van der Waals surface area contributed by atoms with Crippen molar-refractivity contribution in [1.29, 1.82) is 0 Å². The summed E-state index contributed by atoms with van der Waals surface area (Å²) >= 11 is 0. The van der Waals surface area contributed by atoms with Gasteiger partial charge in [-0.15, -0.1) is 0 Å². The van der Waals surface area contributed by atoms with Gasteiger partial charge in [-0.1, -0.05) is 6.07 Å². The van der Waals surface area contributed by atoms with Gasteiger partial charge in [-0.05, 0) is 32.9 Å².